The average Bonchev–Trinajstić information content (AvgIpc) is 3.55. The predicted molar refractivity (Wildman–Crippen MR) is 135 cm³/mol. The minimum Gasteiger partial charge on any atom is -0.481 e. The van der Waals surface area contributed by atoms with Crippen molar-refractivity contribution in [3.05, 3.63) is 23.5 Å². The van der Waals surface area contributed by atoms with Gasteiger partial charge < -0.3 is 19.3 Å². The molecule has 1 saturated heterocycles. The fourth-order valence-corrected chi connectivity index (χ4v) is 6.43. The highest BCUT2D eigenvalue weighted by Gasteiger charge is 2.36. The van der Waals surface area contributed by atoms with Crippen LogP contribution in [0.2, 0.25) is 0 Å². The molecule has 2 amide bonds. The topological polar surface area (TPSA) is 105 Å². The number of aromatic nitrogens is 2. The molecule has 2 fully saturated rings. The number of likely N-dealkylation sites (tertiary alicyclic amines) is 1. The number of carboxylic acid groups (broad SMARTS) is 1. The molecule has 194 valence electrons. The molecule has 4 atom stereocenters. The molecule has 0 radical (unpaired) electrons. The van der Waals surface area contributed by atoms with Crippen molar-refractivity contribution in [3.63, 3.8) is 0 Å². The maximum absolute atomic E-state index is 13.5. The van der Waals surface area contributed by atoms with Gasteiger partial charge in [-0.1, -0.05) is 6.42 Å². The molecule has 3 heterocycles. The van der Waals surface area contributed by atoms with Crippen molar-refractivity contribution in [2.24, 2.45) is 5.92 Å². The Bertz CT molecular complexity index is 1180. The summed E-state index contributed by atoms with van der Waals surface area (Å²) in [6, 6.07) is 3.91. The summed E-state index contributed by atoms with van der Waals surface area (Å²) in [6.07, 6.45) is 6.10. The van der Waals surface area contributed by atoms with E-state index in [9.17, 15) is 19.5 Å². The van der Waals surface area contributed by atoms with E-state index < -0.39 is 23.9 Å². The Kier molecular flexibility index (Phi) is 6.66. The van der Waals surface area contributed by atoms with Crippen LogP contribution in [0, 0.1) is 5.92 Å². The van der Waals surface area contributed by atoms with E-state index in [1.807, 2.05) is 30.9 Å². The molecule has 9 heteroatoms. The smallest absolute Gasteiger partial charge is 0.414 e. The van der Waals surface area contributed by atoms with Gasteiger partial charge in [0.25, 0.3) is 0 Å². The van der Waals surface area contributed by atoms with Crippen LogP contribution < -0.4 is 4.90 Å². The number of fused-ring (bicyclic) bond motifs is 3. The number of nitrogens with zero attached hydrogens (tertiary/aromatic N) is 4. The lowest BCUT2D eigenvalue weighted by molar-refractivity contribution is -0.143. The number of anilines is 1. The number of benzene rings is 1. The first-order chi connectivity index (χ1) is 17.3. The van der Waals surface area contributed by atoms with Gasteiger partial charge in [0, 0.05) is 30.7 Å². The first-order valence-corrected chi connectivity index (χ1v) is 13.2. The summed E-state index contributed by atoms with van der Waals surface area (Å²) in [5, 5.41) is 9.73. The van der Waals surface area contributed by atoms with Crippen LogP contribution in [0.4, 0.5) is 10.5 Å². The lowest BCUT2D eigenvalue weighted by atomic mass is 9.85. The zero-order valence-electron chi connectivity index (χ0n) is 21.4. The number of carboxylic acids is 1. The fraction of sp³-hybridized carbons (Fsp3) is 0.630. The third kappa shape index (κ3) is 4.12. The quantitative estimate of drug-likeness (QED) is 0.669. The summed E-state index contributed by atoms with van der Waals surface area (Å²) < 4.78 is 7.23. The molecule has 1 aromatic carbocycles. The standard InChI is InChI=1S/C27H36N4O5/c1-16-9-10-20-21(30(16)27(35)36-3)11-12-22-23(20)28-24(17(2)25(32)29-13-4-5-14-29)31(22)19-8-6-7-18(15-19)26(33)34/h11-12,16-19H,4-10,13-15H2,1-3H3,(H,33,34)/t16-,17-,18+,19+/m0/s1. The Morgan fingerprint density at radius 3 is 2.56 bits per heavy atom. The lowest BCUT2D eigenvalue weighted by Gasteiger charge is -2.34. The zero-order valence-corrected chi connectivity index (χ0v) is 21.4. The molecule has 1 saturated carbocycles. The van der Waals surface area contributed by atoms with Crippen molar-refractivity contribution < 1.29 is 24.2 Å². The van der Waals surface area contributed by atoms with Crippen molar-refractivity contribution >= 4 is 34.7 Å². The van der Waals surface area contributed by atoms with Gasteiger partial charge in [0.05, 0.1) is 35.7 Å². The second-order valence-electron chi connectivity index (χ2n) is 10.6. The number of hydrogen-bond acceptors (Lipinski definition) is 5. The van der Waals surface area contributed by atoms with Gasteiger partial charge in [-0.3, -0.25) is 14.5 Å². The number of imidazole rings is 1. The van der Waals surface area contributed by atoms with Crippen molar-refractivity contribution in [1.82, 2.24) is 14.5 Å². The molecule has 5 rings (SSSR count). The third-order valence-electron chi connectivity index (χ3n) is 8.39. The molecule has 2 aliphatic heterocycles. The summed E-state index contributed by atoms with van der Waals surface area (Å²) in [5.74, 6) is -0.808. The van der Waals surface area contributed by atoms with E-state index in [1.165, 1.54) is 7.11 Å². The molecule has 0 unspecified atom stereocenters. The highest BCUT2D eigenvalue weighted by Crippen LogP contribution is 2.42. The number of aryl methyl sites for hydroxylation is 1. The summed E-state index contributed by atoms with van der Waals surface area (Å²) in [4.78, 5) is 46.6. The largest absolute Gasteiger partial charge is 0.481 e. The van der Waals surface area contributed by atoms with Crippen LogP contribution in [0.1, 0.15) is 82.1 Å². The number of carbonyl (C=O) groups excluding carboxylic acids is 2. The van der Waals surface area contributed by atoms with Gasteiger partial charge in [-0.15, -0.1) is 0 Å². The predicted octanol–water partition coefficient (Wildman–Crippen LogP) is 4.49. The molecule has 0 spiro atoms. The Balaban J connectivity index is 1.65. The molecule has 3 aliphatic rings. The van der Waals surface area contributed by atoms with E-state index in [4.69, 9.17) is 9.72 Å². The summed E-state index contributed by atoms with van der Waals surface area (Å²) in [7, 11) is 1.39. The molecule has 36 heavy (non-hydrogen) atoms. The van der Waals surface area contributed by atoms with Gasteiger partial charge in [0.15, 0.2) is 0 Å². The second-order valence-corrected chi connectivity index (χ2v) is 10.6. The second kappa shape index (κ2) is 9.75. The SMILES string of the molecule is COC(=O)N1c2ccc3c(nc([C@H](C)C(=O)N4CCCC4)n3[C@@H]3CCC[C@@H](C(=O)O)C3)c2CC[C@@H]1C. The van der Waals surface area contributed by atoms with Crippen LogP contribution in [0.3, 0.4) is 0 Å². The van der Waals surface area contributed by atoms with Gasteiger partial charge in [0.1, 0.15) is 5.82 Å². The number of aliphatic carboxylic acids is 1. The third-order valence-corrected chi connectivity index (χ3v) is 8.39. The first-order valence-electron chi connectivity index (χ1n) is 13.2. The first kappa shape index (κ1) is 24.6. The Morgan fingerprint density at radius 2 is 1.86 bits per heavy atom. The lowest BCUT2D eigenvalue weighted by Crippen LogP contribution is -2.42. The van der Waals surface area contributed by atoms with Crippen LogP contribution in [0.25, 0.3) is 11.0 Å². The van der Waals surface area contributed by atoms with E-state index >= 15 is 0 Å². The summed E-state index contributed by atoms with van der Waals surface area (Å²) in [6.45, 7) is 5.48. The Hall–Kier alpha value is -3.10. The van der Waals surface area contributed by atoms with Crippen molar-refractivity contribution in [2.45, 2.75) is 83.2 Å². The van der Waals surface area contributed by atoms with Crippen LogP contribution in [-0.2, 0) is 20.7 Å². The highest BCUT2D eigenvalue weighted by molar-refractivity contribution is 5.96. The number of ether oxygens (including phenoxy) is 1. The Labute approximate surface area is 211 Å². The van der Waals surface area contributed by atoms with Gasteiger partial charge in [0.2, 0.25) is 5.91 Å². The number of carbonyl (C=O) groups is 3. The van der Waals surface area contributed by atoms with Crippen molar-refractivity contribution in [1.29, 1.82) is 0 Å². The maximum atomic E-state index is 13.5. The van der Waals surface area contributed by atoms with E-state index in [-0.39, 0.29) is 18.0 Å². The molecular weight excluding hydrogens is 460 g/mol. The van der Waals surface area contributed by atoms with Crippen LogP contribution >= 0.6 is 0 Å². The van der Waals surface area contributed by atoms with Crippen LogP contribution in [0.15, 0.2) is 12.1 Å². The normalized spacial score (nSPS) is 25.0. The van der Waals surface area contributed by atoms with E-state index in [0.29, 0.717) is 18.7 Å². The molecule has 1 aliphatic carbocycles. The van der Waals surface area contributed by atoms with Gasteiger partial charge in [-0.2, -0.15) is 0 Å². The van der Waals surface area contributed by atoms with Gasteiger partial charge in [-0.25, -0.2) is 9.78 Å². The minimum absolute atomic E-state index is 0.00860. The van der Waals surface area contributed by atoms with Crippen LogP contribution in [0.5, 0.6) is 0 Å². The molecule has 9 nitrogen and oxygen atoms in total. The minimum atomic E-state index is -0.757. The van der Waals surface area contributed by atoms with Crippen LogP contribution in [-0.4, -0.2) is 63.8 Å². The van der Waals surface area contributed by atoms with E-state index in [2.05, 4.69) is 4.57 Å². The molecule has 1 aromatic heterocycles. The summed E-state index contributed by atoms with van der Waals surface area (Å²) >= 11 is 0. The maximum Gasteiger partial charge on any atom is 0.414 e. The zero-order chi connectivity index (χ0) is 25.6. The van der Waals surface area contributed by atoms with Crippen molar-refractivity contribution in [2.75, 3.05) is 25.1 Å². The van der Waals surface area contributed by atoms with Crippen molar-refractivity contribution in [3.8, 4) is 0 Å². The average molecular weight is 497 g/mol. The monoisotopic (exact) mass is 496 g/mol. The molecular formula is C27H36N4O5. The molecule has 1 N–H and O–H groups in total. The molecule has 0 bridgehead atoms. The van der Waals surface area contributed by atoms with Gasteiger partial charge in [-0.05, 0) is 70.9 Å². The fourth-order valence-electron chi connectivity index (χ4n) is 6.43. The number of methoxy groups -OCH3 is 1. The number of rotatable bonds is 4. The van der Waals surface area contributed by atoms with E-state index in [1.54, 1.807) is 4.90 Å². The highest BCUT2D eigenvalue weighted by atomic mass is 16.5. The van der Waals surface area contributed by atoms with E-state index in [0.717, 1.165) is 73.9 Å². The summed E-state index contributed by atoms with van der Waals surface area (Å²) in [5.41, 5.74) is 3.51. The molecule has 2 aromatic rings. The Morgan fingerprint density at radius 1 is 1.11 bits per heavy atom. The number of amides is 2. The van der Waals surface area contributed by atoms with Gasteiger partial charge >= 0.3 is 12.1 Å². The number of hydrogen-bond donors (Lipinski definition) is 1.